The van der Waals surface area contributed by atoms with Crippen LogP contribution in [-0.4, -0.2) is 25.5 Å². The Bertz CT molecular complexity index is 683. The van der Waals surface area contributed by atoms with E-state index in [1.54, 1.807) is 36.6 Å². The molecule has 1 heterocycles. The zero-order chi connectivity index (χ0) is 16.8. The van der Waals surface area contributed by atoms with Crippen LogP contribution in [0.1, 0.15) is 23.3 Å². The topological polar surface area (TPSA) is 67.4 Å². The normalized spacial score (nSPS) is 11.6. The summed E-state index contributed by atoms with van der Waals surface area (Å²) in [7, 11) is 1.58. The fraction of sp³-hybridized carbons (Fsp3) is 0.294. The van der Waals surface area contributed by atoms with Gasteiger partial charge in [0.2, 0.25) is 0 Å². The predicted octanol–water partition coefficient (Wildman–Crippen LogP) is 2.92. The molecule has 5 nitrogen and oxygen atoms in total. The number of carbonyl (C=O) groups excluding carboxylic acids is 2. The molecular weight excluding hydrogens is 312 g/mol. The molecule has 2 N–H and O–H groups in total. The zero-order valence-corrected chi connectivity index (χ0v) is 14.2. The summed E-state index contributed by atoms with van der Waals surface area (Å²) in [4.78, 5) is 25.1. The molecule has 0 aliphatic heterocycles. The van der Waals surface area contributed by atoms with E-state index in [1.165, 1.54) is 4.88 Å². The van der Waals surface area contributed by atoms with E-state index in [0.717, 1.165) is 5.56 Å². The van der Waals surface area contributed by atoms with Gasteiger partial charge in [-0.1, -0.05) is 13.0 Å². The van der Waals surface area contributed by atoms with Crippen LogP contribution in [0.25, 0.3) is 0 Å². The van der Waals surface area contributed by atoms with Gasteiger partial charge >= 0.3 is 11.8 Å². The van der Waals surface area contributed by atoms with Gasteiger partial charge in [-0.15, -0.1) is 11.3 Å². The highest BCUT2D eigenvalue weighted by Gasteiger charge is 2.16. The molecule has 0 unspecified atom stereocenters. The molecule has 0 spiro atoms. The standard InChI is InChI=1S/C17H20N2O3S/c1-11-9-13(22-3)6-7-14(11)19-17(21)16(20)18-10-12(2)15-5-4-8-23-15/h4-9,12H,10H2,1-3H3,(H,18,20)(H,19,21)/t12-/m1/s1. The summed E-state index contributed by atoms with van der Waals surface area (Å²) < 4.78 is 5.11. The molecule has 2 aromatic rings. The maximum absolute atomic E-state index is 12.0. The minimum atomic E-state index is -0.670. The summed E-state index contributed by atoms with van der Waals surface area (Å²) in [5.74, 6) is -0.426. The van der Waals surface area contributed by atoms with E-state index < -0.39 is 11.8 Å². The van der Waals surface area contributed by atoms with Crippen molar-refractivity contribution < 1.29 is 14.3 Å². The van der Waals surface area contributed by atoms with Crippen molar-refractivity contribution in [3.05, 3.63) is 46.2 Å². The smallest absolute Gasteiger partial charge is 0.313 e. The minimum Gasteiger partial charge on any atom is -0.497 e. The van der Waals surface area contributed by atoms with Crippen molar-refractivity contribution in [2.75, 3.05) is 19.0 Å². The molecule has 0 aliphatic carbocycles. The number of benzene rings is 1. The number of methoxy groups -OCH3 is 1. The number of ether oxygens (including phenoxy) is 1. The Kier molecular flexibility index (Phi) is 5.76. The second-order valence-corrected chi connectivity index (χ2v) is 6.24. The second-order valence-electron chi connectivity index (χ2n) is 5.26. The molecule has 1 aromatic heterocycles. The van der Waals surface area contributed by atoms with Crippen LogP contribution in [0, 0.1) is 6.92 Å². The first-order chi connectivity index (χ1) is 11.0. The van der Waals surface area contributed by atoms with E-state index in [2.05, 4.69) is 10.6 Å². The molecule has 2 amide bonds. The maximum Gasteiger partial charge on any atom is 0.313 e. The molecule has 0 fully saturated rings. The van der Waals surface area contributed by atoms with E-state index in [-0.39, 0.29) is 5.92 Å². The Morgan fingerprint density at radius 3 is 2.65 bits per heavy atom. The minimum absolute atomic E-state index is 0.175. The Morgan fingerprint density at radius 1 is 1.26 bits per heavy atom. The highest BCUT2D eigenvalue weighted by molar-refractivity contribution is 7.10. The third kappa shape index (κ3) is 4.56. The van der Waals surface area contributed by atoms with E-state index in [9.17, 15) is 9.59 Å². The van der Waals surface area contributed by atoms with Gasteiger partial charge in [0, 0.05) is 23.0 Å². The third-order valence-corrected chi connectivity index (χ3v) is 4.59. The first-order valence-corrected chi connectivity index (χ1v) is 8.16. The van der Waals surface area contributed by atoms with Crippen LogP contribution in [-0.2, 0) is 9.59 Å². The van der Waals surface area contributed by atoms with Gasteiger partial charge < -0.3 is 15.4 Å². The first-order valence-electron chi connectivity index (χ1n) is 7.28. The van der Waals surface area contributed by atoms with Gasteiger partial charge in [0.05, 0.1) is 7.11 Å². The number of aryl methyl sites for hydroxylation is 1. The molecule has 1 aromatic carbocycles. The summed E-state index contributed by atoms with van der Waals surface area (Å²) in [6, 6.07) is 9.24. The largest absolute Gasteiger partial charge is 0.497 e. The van der Waals surface area contributed by atoms with Crippen molar-refractivity contribution in [3.63, 3.8) is 0 Å². The predicted molar refractivity (Wildman–Crippen MR) is 92.1 cm³/mol. The highest BCUT2D eigenvalue weighted by Crippen LogP contribution is 2.21. The summed E-state index contributed by atoms with van der Waals surface area (Å²) in [6.45, 7) is 4.28. The Balaban J connectivity index is 1.89. The Labute approximate surface area is 139 Å². The maximum atomic E-state index is 12.0. The fourth-order valence-corrected chi connectivity index (χ4v) is 2.87. The van der Waals surface area contributed by atoms with Crippen molar-refractivity contribution in [2.24, 2.45) is 0 Å². The monoisotopic (exact) mass is 332 g/mol. The van der Waals surface area contributed by atoms with E-state index >= 15 is 0 Å². The van der Waals surface area contributed by atoms with Crippen LogP contribution in [0.4, 0.5) is 5.69 Å². The van der Waals surface area contributed by atoms with Crippen molar-refractivity contribution in [3.8, 4) is 5.75 Å². The number of amides is 2. The zero-order valence-electron chi connectivity index (χ0n) is 13.4. The number of carbonyl (C=O) groups is 2. The lowest BCUT2D eigenvalue weighted by Gasteiger charge is -2.12. The van der Waals surface area contributed by atoms with Crippen LogP contribution in [0.5, 0.6) is 5.75 Å². The fourth-order valence-electron chi connectivity index (χ4n) is 2.08. The molecule has 0 bridgehead atoms. The first kappa shape index (κ1) is 17.0. The van der Waals surface area contributed by atoms with E-state index in [4.69, 9.17) is 4.74 Å². The number of rotatable bonds is 5. The van der Waals surface area contributed by atoms with Crippen LogP contribution in [0.2, 0.25) is 0 Å². The van der Waals surface area contributed by atoms with Gasteiger partial charge in [-0.2, -0.15) is 0 Å². The van der Waals surface area contributed by atoms with Gasteiger partial charge in [0.25, 0.3) is 0 Å². The van der Waals surface area contributed by atoms with Crippen molar-refractivity contribution >= 4 is 28.8 Å². The van der Waals surface area contributed by atoms with Crippen LogP contribution in [0.3, 0.4) is 0 Å². The summed E-state index contributed by atoms with van der Waals surface area (Å²) >= 11 is 1.64. The SMILES string of the molecule is COc1ccc(NC(=O)C(=O)NC[C@@H](C)c2cccs2)c(C)c1. The van der Waals surface area contributed by atoms with Crippen LogP contribution in [0.15, 0.2) is 35.7 Å². The number of hydrogen-bond donors (Lipinski definition) is 2. The van der Waals surface area contributed by atoms with Crippen molar-refractivity contribution in [2.45, 2.75) is 19.8 Å². The highest BCUT2D eigenvalue weighted by atomic mass is 32.1. The summed E-state index contributed by atoms with van der Waals surface area (Å²) in [5.41, 5.74) is 1.43. The molecule has 122 valence electrons. The molecule has 23 heavy (non-hydrogen) atoms. The van der Waals surface area contributed by atoms with Gasteiger partial charge in [0.15, 0.2) is 0 Å². The molecule has 0 saturated carbocycles. The molecule has 0 radical (unpaired) electrons. The summed E-state index contributed by atoms with van der Waals surface area (Å²) in [5, 5.41) is 7.27. The number of hydrogen-bond acceptors (Lipinski definition) is 4. The molecular formula is C17H20N2O3S. The van der Waals surface area contributed by atoms with Crippen LogP contribution >= 0.6 is 11.3 Å². The molecule has 0 saturated heterocycles. The quantitative estimate of drug-likeness (QED) is 0.827. The Morgan fingerprint density at radius 2 is 2.04 bits per heavy atom. The molecule has 6 heteroatoms. The lowest BCUT2D eigenvalue weighted by molar-refractivity contribution is -0.136. The average molecular weight is 332 g/mol. The second kappa shape index (κ2) is 7.78. The lowest BCUT2D eigenvalue weighted by Crippen LogP contribution is -2.37. The van der Waals surface area contributed by atoms with Gasteiger partial charge in [-0.05, 0) is 42.1 Å². The summed E-state index contributed by atoms with van der Waals surface area (Å²) in [6.07, 6.45) is 0. The number of anilines is 1. The number of thiophene rings is 1. The van der Waals surface area contributed by atoms with Crippen molar-refractivity contribution in [1.29, 1.82) is 0 Å². The average Bonchev–Trinajstić information content (AvgIpc) is 3.08. The Hall–Kier alpha value is -2.34. The van der Waals surface area contributed by atoms with Crippen LogP contribution < -0.4 is 15.4 Å². The van der Waals surface area contributed by atoms with Crippen molar-refractivity contribution in [1.82, 2.24) is 5.32 Å². The molecule has 2 rings (SSSR count). The van der Waals surface area contributed by atoms with E-state index in [1.807, 2.05) is 31.4 Å². The lowest BCUT2D eigenvalue weighted by atomic mass is 10.1. The van der Waals surface area contributed by atoms with Gasteiger partial charge in [0.1, 0.15) is 5.75 Å². The van der Waals surface area contributed by atoms with Gasteiger partial charge in [-0.25, -0.2) is 0 Å². The number of nitrogens with one attached hydrogen (secondary N) is 2. The third-order valence-electron chi connectivity index (χ3n) is 3.49. The van der Waals surface area contributed by atoms with Gasteiger partial charge in [-0.3, -0.25) is 9.59 Å². The van der Waals surface area contributed by atoms with E-state index in [0.29, 0.717) is 18.0 Å². The molecule has 1 atom stereocenters. The molecule has 0 aliphatic rings.